The molecule has 246 valence electrons. The molecule has 11 nitrogen and oxygen atoms in total. The Bertz CT molecular complexity index is 1860. The van der Waals surface area contributed by atoms with Crippen LogP contribution < -0.4 is 20.5 Å². The van der Waals surface area contributed by atoms with Crippen LogP contribution in [0, 0.1) is 0 Å². The lowest BCUT2D eigenvalue weighted by Gasteiger charge is -2.40. The fourth-order valence-corrected chi connectivity index (χ4v) is 7.69. The second kappa shape index (κ2) is 13.0. The van der Waals surface area contributed by atoms with Gasteiger partial charge in [-0.15, -0.1) is 13.2 Å². The number of aromatic amines is 1. The van der Waals surface area contributed by atoms with Gasteiger partial charge in [0.25, 0.3) is 5.56 Å². The van der Waals surface area contributed by atoms with E-state index in [0.717, 1.165) is 47.6 Å². The Morgan fingerprint density at radius 3 is 2.43 bits per heavy atom. The van der Waals surface area contributed by atoms with Crippen LogP contribution in [0.15, 0.2) is 64.4 Å². The molecule has 4 aromatic rings. The minimum atomic E-state index is -4.93. The molecule has 1 atom stereocenters. The molecule has 3 heterocycles. The SMILES string of the molecule is CCC(C)(C)c1ccc(CNC(=O)C[C@H]2CN(c3nc4cn[nH]c(=O)c4s3)CCN2S(=O)(=O)c2ccc(OC(F)(F)F)cc2)cc1. The van der Waals surface area contributed by atoms with Crippen LogP contribution in [0.5, 0.6) is 5.75 Å². The summed E-state index contributed by atoms with van der Waals surface area (Å²) in [6.07, 6.45) is -2.73. The lowest BCUT2D eigenvalue weighted by molar-refractivity contribution is -0.274. The third-order valence-corrected chi connectivity index (χ3v) is 11.2. The number of carbonyl (C=O) groups excluding carboxylic acids is 1. The standard InChI is InChI=1S/C30H33F3N6O5S2/c1-4-29(2,3)20-7-5-19(6-8-20)16-34-25(40)15-21-18-38(28-36-24-17-35-37-27(41)26(24)45-28)13-14-39(21)46(42,43)23-11-9-22(10-12-23)44-30(31,32)33/h5-12,17,21H,4,13-16,18H2,1-3H3,(H,34,40)(H,37,41)/t21-/m0/s1. The maximum absolute atomic E-state index is 13.8. The van der Waals surface area contributed by atoms with Crippen LogP contribution in [-0.2, 0) is 26.8 Å². The lowest BCUT2D eigenvalue weighted by atomic mass is 9.82. The number of nitrogens with one attached hydrogen (secondary N) is 2. The molecule has 0 bridgehead atoms. The molecule has 0 spiro atoms. The van der Waals surface area contributed by atoms with Gasteiger partial charge in [-0.25, -0.2) is 18.5 Å². The van der Waals surface area contributed by atoms with E-state index in [4.69, 9.17) is 0 Å². The van der Waals surface area contributed by atoms with Crippen molar-refractivity contribution in [2.75, 3.05) is 24.5 Å². The molecule has 16 heteroatoms. The van der Waals surface area contributed by atoms with Gasteiger partial charge in [0.15, 0.2) is 5.13 Å². The van der Waals surface area contributed by atoms with E-state index in [9.17, 15) is 31.2 Å². The maximum atomic E-state index is 13.8. The van der Waals surface area contributed by atoms with Crippen molar-refractivity contribution in [1.29, 1.82) is 0 Å². The number of amides is 1. The first-order valence-electron chi connectivity index (χ1n) is 14.5. The monoisotopic (exact) mass is 678 g/mol. The number of rotatable bonds is 10. The number of carbonyl (C=O) groups is 1. The Balaban J connectivity index is 1.36. The van der Waals surface area contributed by atoms with Gasteiger partial charge in [-0.05, 0) is 47.2 Å². The summed E-state index contributed by atoms with van der Waals surface area (Å²) in [7, 11) is -4.23. The van der Waals surface area contributed by atoms with Gasteiger partial charge in [0.2, 0.25) is 15.9 Å². The molecule has 1 saturated heterocycles. The van der Waals surface area contributed by atoms with Crippen LogP contribution in [0.4, 0.5) is 18.3 Å². The molecular weight excluding hydrogens is 645 g/mol. The number of halogens is 3. The van der Waals surface area contributed by atoms with Gasteiger partial charge in [0.1, 0.15) is 16.0 Å². The van der Waals surface area contributed by atoms with Crippen LogP contribution in [-0.4, -0.2) is 65.9 Å². The van der Waals surface area contributed by atoms with Crippen molar-refractivity contribution in [1.82, 2.24) is 24.8 Å². The Morgan fingerprint density at radius 1 is 1.11 bits per heavy atom. The zero-order chi connectivity index (χ0) is 33.3. The summed E-state index contributed by atoms with van der Waals surface area (Å²) in [5.41, 5.74) is 2.07. The average Bonchev–Trinajstić information content (AvgIpc) is 3.46. The minimum Gasteiger partial charge on any atom is -0.406 e. The van der Waals surface area contributed by atoms with E-state index < -0.39 is 33.7 Å². The zero-order valence-electron chi connectivity index (χ0n) is 25.3. The number of alkyl halides is 3. The largest absolute Gasteiger partial charge is 0.573 e. The van der Waals surface area contributed by atoms with Gasteiger partial charge >= 0.3 is 6.36 Å². The van der Waals surface area contributed by atoms with Crippen molar-refractivity contribution in [3.05, 3.63) is 76.2 Å². The molecule has 5 rings (SSSR count). The van der Waals surface area contributed by atoms with E-state index >= 15 is 0 Å². The van der Waals surface area contributed by atoms with Gasteiger partial charge < -0.3 is 15.0 Å². The van der Waals surface area contributed by atoms with E-state index in [1.807, 2.05) is 29.2 Å². The highest BCUT2D eigenvalue weighted by atomic mass is 32.2. The molecule has 0 aliphatic carbocycles. The predicted molar refractivity (Wildman–Crippen MR) is 167 cm³/mol. The highest BCUT2D eigenvalue weighted by Gasteiger charge is 2.38. The highest BCUT2D eigenvalue weighted by molar-refractivity contribution is 7.89. The second-order valence-electron chi connectivity index (χ2n) is 11.6. The minimum absolute atomic E-state index is 0.0164. The lowest BCUT2D eigenvalue weighted by Crippen LogP contribution is -2.56. The number of aromatic nitrogens is 3. The summed E-state index contributed by atoms with van der Waals surface area (Å²) in [4.78, 5) is 31.5. The van der Waals surface area contributed by atoms with Crippen molar-refractivity contribution < 1.29 is 31.1 Å². The molecule has 2 N–H and O–H groups in total. The van der Waals surface area contributed by atoms with Crippen molar-refractivity contribution in [2.45, 2.75) is 62.9 Å². The molecular formula is C30H33F3N6O5S2. The van der Waals surface area contributed by atoms with Crippen molar-refractivity contribution in [3.8, 4) is 5.75 Å². The third kappa shape index (κ3) is 7.50. The molecule has 46 heavy (non-hydrogen) atoms. The molecule has 1 aliphatic rings. The first kappa shape index (κ1) is 33.3. The van der Waals surface area contributed by atoms with E-state index in [0.29, 0.717) is 15.3 Å². The third-order valence-electron chi connectivity index (χ3n) is 8.09. The fourth-order valence-electron chi connectivity index (χ4n) is 5.12. The number of nitrogens with zero attached hydrogens (tertiary/aromatic N) is 4. The number of H-pyrrole nitrogens is 1. The average molecular weight is 679 g/mol. The topological polar surface area (TPSA) is 138 Å². The summed E-state index contributed by atoms with van der Waals surface area (Å²) in [5, 5.41) is 9.48. The number of thiazole rings is 1. The Labute approximate surface area is 267 Å². The summed E-state index contributed by atoms with van der Waals surface area (Å²) in [6.45, 7) is 6.90. The summed E-state index contributed by atoms with van der Waals surface area (Å²) in [6, 6.07) is 11.0. The first-order valence-corrected chi connectivity index (χ1v) is 16.7. The van der Waals surface area contributed by atoms with Crippen molar-refractivity contribution >= 4 is 42.6 Å². The van der Waals surface area contributed by atoms with Gasteiger partial charge in [-0.3, -0.25) is 9.59 Å². The second-order valence-corrected chi connectivity index (χ2v) is 14.4. The molecule has 0 saturated carbocycles. The molecule has 1 fully saturated rings. The number of anilines is 1. The molecule has 1 amide bonds. The molecule has 2 aromatic carbocycles. The van der Waals surface area contributed by atoms with E-state index in [1.54, 1.807) is 0 Å². The van der Waals surface area contributed by atoms with Crippen molar-refractivity contribution in [3.63, 3.8) is 0 Å². The van der Waals surface area contributed by atoms with E-state index in [2.05, 4.69) is 46.0 Å². The quantitative estimate of drug-likeness (QED) is 0.249. The van der Waals surface area contributed by atoms with Crippen LogP contribution in [0.1, 0.15) is 44.7 Å². The van der Waals surface area contributed by atoms with Crippen LogP contribution in [0.25, 0.3) is 10.2 Å². The smallest absolute Gasteiger partial charge is 0.406 e. The summed E-state index contributed by atoms with van der Waals surface area (Å²) >= 11 is 1.13. The maximum Gasteiger partial charge on any atom is 0.573 e. The highest BCUT2D eigenvalue weighted by Crippen LogP contribution is 2.32. The Kier molecular flexibility index (Phi) is 9.42. The predicted octanol–water partition coefficient (Wildman–Crippen LogP) is 4.55. The molecule has 2 aromatic heterocycles. The van der Waals surface area contributed by atoms with Crippen LogP contribution in [0.3, 0.4) is 0 Å². The number of benzene rings is 2. The first-order chi connectivity index (χ1) is 21.7. The number of fused-ring (bicyclic) bond motifs is 1. The normalized spacial score (nSPS) is 16.5. The zero-order valence-corrected chi connectivity index (χ0v) is 26.9. The number of piperazine rings is 1. The Morgan fingerprint density at radius 2 is 1.80 bits per heavy atom. The molecule has 0 radical (unpaired) electrons. The van der Waals surface area contributed by atoms with Gasteiger partial charge in [-0.1, -0.05) is 56.4 Å². The number of hydrogen-bond acceptors (Lipinski definition) is 9. The Hall–Kier alpha value is -4.02. The van der Waals surface area contributed by atoms with Gasteiger partial charge in [0, 0.05) is 32.6 Å². The number of sulfonamides is 1. The van der Waals surface area contributed by atoms with E-state index in [-0.39, 0.29) is 48.8 Å². The summed E-state index contributed by atoms with van der Waals surface area (Å²) in [5.74, 6) is -0.942. The van der Waals surface area contributed by atoms with Crippen molar-refractivity contribution in [2.24, 2.45) is 0 Å². The van der Waals surface area contributed by atoms with Gasteiger partial charge in [-0.2, -0.15) is 9.40 Å². The number of hydrogen-bond donors (Lipinski definition) is 2. The molecule has 0 unspecified atom stereocenters. The van der Waals surface area contributed by atoms with Crippen LogP contribution in [0.2, 0.25) is 0 Å². The molecule has 1 aliphatic heterocycles. The number of ether oxygens (including phenoxy) is 1. The fraction of sp³-hybridized carbons (Fsp3) is 0.400. The van der Waals surface area contributed by atoms with Crippen LogP contribution >= 0.6 is 11.3 Å². The summed E-state index contributed by atoms with van der Waals surface area (Å²) < 4.78 is 70.9. The van der Waals surface area contributed by atoms with E-state index in [1.165, 1.54) is 16.1 Å². The van der Waals surface area contributed by atoms with Gasteiger partial charge in [0.05, 0.1) is 17.1 Å².